The second kappa shape index (κ2) is 6.81. The maximum Gasteiger partial charge on any atom is 0.339 e. The fraction of sp³-hybridized carbons (Fsp3) is 0.462. The minimum absolute atomic E-state index is 0.0885. The third kappa shape index (κ3) is 5.26. The number of non-ortho nitro benzene ring substituents is 1. The van der Waals surface area contributed by atoms with Crippen molar-refractivity contribution >= 4 is 27.6 Å². The average Bonchev–Trinajstić information content (AvgIpc) is 2.33. The molecule has 0 aliphatic heterocycles. The van der Waals surface area contributed by atoms with E-state index in [4.69, 9.17) is 9.47 Å². The van der Waals surface area contributed by atoms with E-state index in [1.54, 1.807) is 0 Å². The highest BCUT2D eigenvalue weighted by Gasteiger charge is 2.17. The number of hydrogen-bond donors (Lipinski definition) is 0. The van der Waals surface area contributed by atoms with Crippen molar-refractivity contribution in [3.8, 4) is 0 Å². The Kier molecular flexibility index (Phi) is 5.64. The molecule has 1 aromatic rings. The van der Waals surface area contributed by atoms with E-state index in [2.05, 4.69) is 15.9 Å². The highest BCUT2D eigenvalue weighted by molar-refractivity contribution is 9.10. The van der Waals surface area contributed by atoms with Crippen LogP contribution in [0.25, 0.3) is 0 Å². The van der Waals surface area contributed by atoms with Crippen LogP contribution in [0.15, 0.2) is 22.7 Å². The Morgan fingerprint density at radius 1 is 1.35 bits per heavy atom. The van der Waals surface area contributed by atoms with Crippen molar-refractivity contribution in [3.05, 3.63) is 38.3 Å². The Morgan fingerprint density at radius 3 is 2.55 bits per heavy atom. The molecule has 0 saturated heterocycles. The van der Waals surface area contributed by atoms with E-state index in [1.807, 2.05) is 20.8 Å². The Labute approximate surface area is 125 Å². The number of ether oxygens (including phenoxy) is 2. The van der Waals surface area contributed by atoms with E-state index in [0.717, 1.165) is 0 Å². The van der Waals surface area contributed by atoms with Gasteiger partial charge in [0.2, 0.25) is 0 Å². The van der Waals surface area contributed by atoms with Crippen LogP contribution in [0.3, 0.4) is 0 Å². The van der Waals surface area contributed by atoms with Gasteiger partial charge in [-0.3, -0.25) is 10.1 Å². The number of rotatable bonds is 5. The number of nitro groups is 1. The van der Waals surface area contributed by atoms with Gasteiger partial charge in [0.25, 0.3) is 5.69 Å². The van der Waals surface area contributed by atoms with Crippen molar-refractivity contribution in [2.24, 2.45) is 0 Å². The zero-order valence-electron chi connectivity index (χ0n) is 11.5. The van der Waals surface area contributed by atoms with Crippen molar-refractivity contribution in [2.45, 2.75) is 26.4 Å². The molecule has 0 aromatic heterocycles. The van der Waals surface area contributed by atoms with Gasteiger partial charge >= 0.3 is 5.97 Å². The minimum atomic E-state index is -0.627. The molecule has 1 rings (SSSR count). The molecule has 1 aromatic carbocycles. The van der Waals surface area contributed by atoms with Crippen LogP contribution in [-0.2, 0) is 9.47 Å². The van der Waals surface area contributed by atoms with Crippen LogP contribution >= 0.6 is 15.9 Å². The third-order valence-corrected chi connectivity index (χ3v) is 2.92. The first-order valence-electron chi connectivity index (χ1n) is 5.96. The van der Waals surface area contributed by atoms with Crippen LogP contribution in [-0.4, -0.2) is 29.7 Å². The van der Waals surface area contributed by atoms with E-state index in [-0.39, 0.29) is 30.1 Å². The molecule has 0 bridgehead atoms. The van der Waals surface area contributed by atoms with Gasteiger partial charge in [0.15, 0.2) is 0 Å². The summed E-state index contributed by atoms with van der Waals surface area (Å²) in [4.78, 5) is 21.9. The first kappa shape index (κ1) is 16.6. The monoisotopic (exact) mass is 345 g/mol. The van der Waals surface area contributed by atoms with Crippen LogP contribution in [0.4, 0.5) is 5.69 Å². The number of carbonyl (C=O) groups excluding carboxylic acids is 1. The average molecular weight is 346 g/mol. The second-order valence-electron chi connectivity index (χ2n) is 5.02. The Balaban J connectivity index is 2.63. The molecule has 0 N–H and O–H groups in total. The summed E-state index contributed by atoms with van der Waals surface area (Å²) < 4.78 is 10.9. The SMILES string of the molecule is CC(C)(C)OCCOC(=O)c1cc([N+](=O)[O-])ccc1Br. The summed E-state index contributed by atoms with van der Waals surface area (Å²) >= 11 is 3.17. The highest BCUT2D eigenvalue weighted by Crippen LogP contribution is 2.23. The molecule has 0 aliphatic rings. The lowest BCUT2D eigenvalue weighted by atomic mass is 10.2. The van der Waals surface area contributed by atoms with E-state index in [9.17, 15) is 14.9 Å². The molecule has 0 amide bonds. The zero-order valence-corrected chi connectivity index (χ0v) is 13.1. The molecule has 6 nitrogen and oxygen atoms in total. The van der Waals surface area contributed by atoms with Crippen LogP contribution in [0.5, 0.6) is 0 Å². The summed E-state index contributed by atoms with van der Waals surface area (Å²) in [6, 6.07) is 3.93. The van der Waals surface area contributed by atoms with Gasteiger partial charge in [-0.05, 0) is 42.8 Å². The zero-order chi connectivity index (χ0) is 15.3. The molecule has 0 aliphatic carbocycles. The molecule has 0 fully saturated rings. The number of hydrogen-bond acceptors (Lipinski definition) is 5. The molecular weight excluding hydrogens is 330 g/mol. The number of halogens is 1. The van der Waals surface area contributed by atoms with Crippen molar-refractivity contribution in [1.82, 2.24) is 0 Å². The van der Waals surface area contributed by atoms with Gasteiger partial charge < -0.3 is 9.47 Å². The van der Waals surface area contributed by atoms with Gasteiger partial charge in [0.1, 0.15) is 6.61 Å². The van der Waals surface area contributed by atoms with Crippen molar-refractivity contribution in [3.63, 3.8) is 0 Å². The standard InChI is InChI=1S/C13H16BrNO5/c1-13(2,3)20-7-6-19-12(16)10-8-9(15(17)18)4-5-11(10)14/h4-5,8H,6-7H2,1-3H3. The molecule has 0 heterocycles. The molecule has 7 heteroatoms. The van der Waals surface area contributed by atoms with Crippen molar-refractivity contribution in [2.75, 3.05) is 13.2 Å². The Hall–Kier alpha value is -1.47. The molecule has 0 saturated carbocycles. The molecule has 0 unspecified atom stereocenters. The fourth-order valence-electron chi connectivity index (χ4n) is 1.34. The molecule has 0 atom stereocenters. The predicted octanol–water partition coefficient (Wildman–Crippen LogP) is 3.33. The number of carbonyl (C=O) groups is 1. The normalized spacial score (nSPS) is 11.2. The Bertz CT molecular complexity index is 510. The first-order chi connectivity index (χ1) is 9.20. The van der Waals surface area contributed by atoms with Gasteiger partial charge in [-0.2, -0.15) is 0 Å². The lowest BCUT2D eigenvalue weighted by Gasteiger charge is -2.19. The third-order valence-electron chi connectivity index (χ3n) is 2.23. The van der Waals surface area contributed by atoms with Gasteiger partial charge in [-0.15, -0.1) is 0 Å². The van der Waals surface area contributed by atoms with Crippen molar-refractivity contribution < 1.29 is 19.2 Å². The molecule has 20 heavy (non-hydrogen) atoms. The lowest BCUT2D eigenvalue weighted by molar-refractivity contribution is -0.384. The summed E-state index contributed by atoms with van der Waals surface area (Å²) in [5.41, 5.74) is -0.348. The summed E-state index contributed by atoms with van der Waals surface area (Å²) in [6.45, 7) is 6.04. The van der Waals surface area contributed by atoms with Crippen molar-refractivity contribution in [1.29, 1.82) is 0 Å². The highest BCUT2D eigenvalue weighted by atomic mass is 79.9. The predicted molar refractivity (Wildman–Crippen MR) is 76.8 cm³/mol. The van der Waals surface area contributed by atoms with E-state index < -0.39 is 10.9 Å². The maximum absolute atomic E-state index is 11.8. The van der Waals surface area contributed by atoms with Crippen LogP contribution in [0.1, 0.15) is 31.1 Å². The number of nitrogens with zero attached hydrogens (tertiary/aromatic N) is 1. The smallest absolute Gasteiger partial charge is 0.339 e. The molecular formula is C13H16BrNO5. The van der Waals surface area contributed by atoms with Crippen LogP contribution < -0.4 is 0 Å². The maximum atomic E-state index is 11.8. The second-order valence-corrected chi connectivity index (χ2v) is 5.87. The number of benzene rings is 1. The molecule has 0 spiro atoms. The molecule has 110 valence electrons. The number of nitro benzene ring substituents is 1. The Morgan fingerprint density at radius 2 is 2.00 bits per heavy atom. The molecule has 0 radical (unpaired) electrons. The number of esters is 1. The van der Waals surface area contributed by atoms with Gasteiger partial charge in [-0.1, -0.05) is 0 Å². The lowest BCUT2D eigenvalue weighted by Crippen LogP contribution is -2.22. The van der Waals surface area contributed by atoms with Crippen LogP contribution in [0.2, 0.25) is 0 Å². The first-order valence-corrected chi connectivity index (χ1v) is 6.75. The summed E-state index contributed by atoms with van der Waals surface area (Å²) in [5, 5.41) is 10.7. The van der Waals surface area contributed by atoms with E-state index >= 15 is 0 Å². The van der Waals surface area contributed by atoms with E-state index in [0.29, 0.717) is 4.47 Å². The summed E-state index contributed by atoms with van der Waals surface area (Å²) in [5.74, 6) is -0.627. The van der Waals surface area contributed by atoms with Gasteiger partial charge in [0, 0.05) is 16.6 Å². The van der Waals surface area contributed by atoms with E-state index in [1.165, 1.54) is 18.2 Å². The van der Waals surface area contributed by atoms with Gasteiger partial charge in [-0.25, -0.2) is 4.79 Å². The topological polar surface area (TPSA) is 78.7 Å². The van der Waals surface area contributed by atoms with Crippen LogP contribution in [0, 0.1) is 10.1 Å². The fourth-order valence-corrected chi connectivity index (χ4v) is 1.75. The van der Waals surface area contributed by atoms with Gasteiger partial charge in [0.05, 0.1) is 22.7 Å². The summed E-state index contributed by atoms with van der Waals surface area (Å²) in [7, 11) is 0. The quantitative estimate of drug-likeness (QED) is 0.354. The largest absolute Gasteiger partial charge is 0.460 e. The minimum Gasteiger partial charge on any atom is -0.460 e. The summed E-state index contributed by atoms with van der Waals surface area (Å²) in [6.07, 6.45) is 0.